The molecule has 0 spiro atoms. The third-order valence-corrected chi connectivity index (χ3v) is 1.88. The molecule has 0 amide bonds. The summed E-state index contributed by atoms with van der Waals surface area (Å²) in [4.78, 5) is 10.8. The molecule has 0 heterocycles. The third-order valence-electron chi connectivity index (χ3n) is 1.88. The molecular weight excluding hydrogens is 162 g/mol. The van der Waals surface area contributed by atoms with Crippen LogP contribution in [0.4, 0.5) is 0 Å². The maximum Gasteiger partial charge on any atom is 0.134 e. The average Bonchev–Trinajstić information content (AvgIpc) is 2.07. The van der Waals surface area contributed by atoms with E-state index >= 15 is 0 Å². The molecule has 0 radical (unpaired) electrons. The van der Waals surface area contributed by atoms with E-state index in [4.69, 9.17) is 5.26 Å². The normalized spacial score (nSPS) is 9.31. The molecule has 0 aliphatic heterocycles. The average molecular weight is 173 g/mol. The summed E-state index contributed by atoms with van der Waals surface area (Å²) in [6, 6.07) is 7.63. The molecule has 0 atom stereocenters. The summed E-state index contributed by atoms with van der Waals surface area (Å²) in [6.45, 7) is 3.43. The molecule has 1 aromatic rings. The fourth-order valence-corrected chi connectivity index (χ4v) is 1.19. The highest BCUT2D eigenvalue weighted by atomic mass is 16.1. The van der Waals surface area contributed by atoms with E-state index in [9.17, 15) is 4.79 Å². The molecule has 0 aliphatic rings. The van der Waals surface area contributed by atoms with Crippen LogP contribution >= 0.6 is 0 Å². The molecule has 0 saturated carbocycles. The monoisotopic (exact) mass is 173 g/mol. The topological polar surface area (TPSA) is 40.9 Å². The van der Waals surface area contributed by atoms with Gasteiger partial charge < -0.3 is 0 Å². The molecule has 1 rings (SSSR count). The highest BCUT2D eigenvalue weighted by Gasteiger charge is 2.01. The molecule has 0 unspecified atom stereocenters. The smallest absolute Gasteiger partial charge is 0.134 e. The van der Waals surface area contributed by atoms with Gasteiger partial charge >= 0.3 is 0 Å². The third kappa shape index (κ3) is 2.41. The highest BCUT2D eigenvalue weighted by Crippen LogP contribution is 2.10. The Hall–Kier alpha value is -1.62. The molecule has 2 heteroatoms. The molecule has 0 N–H and O–H groups in total. The Labute approximate surface area is 77.8 Å². The summed E-state index contributed by atoms with van der Waals surface area (Å²) in [5.74, 6) is 0.118. The van der Waals surface area contributed by atoms with E-state index in [-0.39, 0.29) is 5.78 Å². The van der Waals surface area contributed by atoms with Crippen molar-refractivity contribution in [3.8, 4) is 6.07 Å². The van der Waals surface area contributed by atoms with Gasteiger partial charge in [-0.05, 0) is 31.0 Å². The van der Waals surface area contributed by atoms with E-state index in [2.05, 4.69) is 6.07 Å². The first-order valence-corrected chi connectivity index (χ1v) is 4.12. The minimum Gasteiger partial charge on any atom is -0.300 e. The Morgan fingerprint density at radius 3 is 2.77 bits per heavy atom. The first kappa shape index (κ1) is 9.47. The van der Waals surface area contributed by atoms with Crippen molar-refractivity contribution < 1.29 is 4.79 Å². The fraction of sp³-hybridized carbons (Fsp3) is 0.273. The molecule has 2 nitrogen and oxygen atoms in total. The first-order valence-electron chi connectivity index (χ1n) is 4.12. The number of Topliss-reactive ketones (excluding diaryl/α,β-unsaturated/α-hetero) is 1. The molecule has 0 aromatic heterocycles. The summed E-state index contributed by atoms with van der Waals surface area (Å²) in [7, 11) is 0. The van der Waals surface area contributed by atoms with Crippen LogP contribution < -0.4 is 0 Å². The summed E-state index contributed by atoms with van der Waals surface area (Å²) >= 11 is 0. The summed E-state index contributed by atoms with van der Waals surface area (Å²) in [6.07, 6.45) is 0.412. The summed E-state index contributed by atoms with van der Waals surface area (Å²) < 4.78 is 0. The Balaban J connectivity index is 3.01. The van der Waals surface area contributed by atoms with Crippen LogP contribution in [0.3, 0.4) is 0 Å². The van der Waals surface area contributed by atoms with Crippen molar-refractivity contribution in [3.05, 3.63) is 34.9 Å². The van der Waals surface area contributed by atoms with E-state index in [1.807, 2.05) is 19.1 Å². The zero-order valence-electron chi connectivity index (χ0n) is 7.79. The number of hydrogen-bond acceptors (Lipinski definition) is 2. The predicted molar refractivity (Wildman–Crippen MR) is 50.3 cm³/mol. The van der Waals surface area contributed by atoms with Crippen molar-refractivity contribution in [2.45, 2.75) is 20.3 Å². The molecule has 0 fully saturated rings. The van der Waals surface area contributed by atoms with Crippen molar-refractivity contribution in [2.75, 3.05) is 0 Å². The lowest BCUT2D eigenvalue weighted by Crippen LogP contribution is -1.97. The van der Waals surface area contributed by atoms with Crippen LogP contribution in [0.15, 0.2) is 18.2 Å². The SMILES string of the molecule is CC(=O)Cc1ccc(C)c(C#N)c1. The summed E-state index contributed by atoms with van der Waals surface area (Å²) in [5.41, 5.74) is 2.52. The van der Waals surface area contributed by atoms with Crippen LogP contribution in [0, 0.1) is 18.3 Å². The van der Waals surface area contributed by atoms with Gasteiger partial charge in [0.25, 0.3) is 0 Å². The lowest BCUT2D eigenvalue weighted by atomic mass is 10.0. The standard InChI is InChI=1S/C11H11NO/c1-8-3-4-10(5-9(2)13)6-11(8)7-12/h3-4,6H,5H2,1-2H3. The van der Waals surface area contributed by atoms with Crippen LogP contribution in [-0.2, 0) is 11.2 Å². The van der Waals surface area contributed by atoms with Gasteiger partial charge in [-0.25, -0.2) is 0 Å². The number of ketones is 1. The number of nitrogens with zero attached hydrogens (tertiary/aromatic N) is 1. The molecule has 66 valence electrons. The van der Waals surface area contributed by atoms with Crippen LogP contribution in [0.25, 0.3) is 0 Å². The number of hydrogen-bond donors (Lipinski definition) is 0. The molecule has 13 heavy (non-hydrogen) atoms. The van der Waals surface area contributed by atoms with Gasteiger partial charge in [0.05, 0.1) is 11.6 Å². The lowest BCUT2D eigenvalue weighted by Gasteiger charge is -2.00. The number of aryl methyl sites for hydroxylation is 1. The maximum atomic E-state index is 10.8. The predicted octanol–water partition coefficient (Wildman–Crippen LogP) is 2.00. The van der Waals surface area contributed by atoms with E-state index in [1.165, 1.54) is 0 Å². The van der Waals surface area contributed by atoms with Gasteiger partial charge in [-0.15, -0.1) is 0 Å². The number of carbonyl (C=O) groups excluding carboxylic acids is 1. The van der Waals surface area contributed by atoms with Gasteiger partial charge in [0.2, 0.25) is 0 Å². The Morgan fingerprint density at radius 2 is 2.23 bits per heavy atom. The quantitative estimate of drug-likeness (QED) is 0.686. The van der Waals surface area contributed by atoms with Gasteiger partial charge in [-0.1, -0.05) is 12.1 Å². The Morgan fingerprint density at radius 1 is 1.54 bits per heavy atom. The van der Waals surface area contributed by atoms with E-state index < -0.39 is 0 Å². The molecule has 0 aliphatic carbocycles. The number of carbonyl (C=O) groups is 1. The van der Waals surface area contributed by atoms with Crippen LogP contribution in [0.2, 0.25) is 0 Å². The van der Waals surface area contributed by atoms with Crippen molar-refractivity contribution in [1.82, 2.24) is 0 Å². The van der Waals surface area contributed by atoms with E-state index in [0.29, 0.717) is 12.0 Å². The van der Waals surface area contributed by atoms with Gasteiger partial charge in [0.15, 0.2) is 0 Å². The lowest BCUT2D eigenvalue weighted by molar-refractivity contribution is -0.116. The fourth-order valence-electron chi connectivity index (χ4n) is 1.19. The molecular formula is C11H11NO. The van der Waals surface area contributed by atoms with Gasteiger partial charge in [0.1, 0.15) is 5.78 Å². The maximum absolute atomic E-state index is 10.8. The van der Waals surface area contributed by atoms with Crippen molar-refractivity contribution in [1.29, 1.82) is 5.26 Å². The number of benzene rings is 1. The molecule has 0 saturated heterocycles. The highest BCUT2D eigenvalue weighted by molar-refractivity contribution is 5.78. The van der Waals surface area contributed by atoms with Crippen molar-refractivity contribution >= 4 is 5.78 Å². The largest absolute Gasteiger partial charge is 0.300 e. The molecule has 0 bridgehead atoms. The number of rotatable bonds is 2. The number of nitriles is 1. The minimum atomic E-state index is 0.118. The first-order chi connectivity index (χ1) is 6.13. The van der Waals surface area contributed by atoms with Gasteiger partial charge in [0, 0.05) is 6.42 Å². The second-order valence-electron chi connectivity index (χ2n) is 3.14. The van der Waals surface area contributed by atoms with E-state index in [0.717, 1.165) is 11.1 Å². The minimum absolute atomic E-state index is 0.118. The van der Waals surface area contributed by atoms with Crippen molar-refractivity contribution in [2.24, 2.45) is 0 Å². The van der Waals surface area contributed by atoms with Crippen LogP contribution in [0.1, 0.15) is 23.6 Å². The van der Waals surface area contributed by atoms with Crippen LogP contribution in [0.5, 0.6) is 0 Å². The zero-order valence-corrected chi connectivity index (χ0v) is 7.79. The van der Waals surface area contributed by atoms with Gasteiger partial charge in [-0.3, -0.25) is 4.79 Å². The second kappa shape index (κ2) is 3.86. The zero-order chi connectivity index (χ0) is 9.84. The van der Waals surface area contributed by atoms with Gasteiger partial charge in [-0.2, -0.15) is 5.26 Å². The second-order valence-corrected chi connectivity index (χ2v) is 3.14. The van der Waals surface area contributed by atoms with E-state index in [1.54, 1.807) is 13.0 Å². The molecule has 1 aromatic carbocycles. The van der Waals surface area contributed by atoms with Crippen LogP contribution in [-0.4, -0.2) is 5.78 Å². The Kier molecular flexibility index (Phi) is 2.81. The summed E-state index contributed by atoms with van der Waals surface area (Å²) in [5, 5.41) is 8.74. The van der Waals surface area contributed by atoms with Crippen molar-refractivity contribution in [3.63, 3.8) is 0 Å². The Bertz CT molecular complexity index is 374.